The fraction of sp³-hybridized carbons (Fsp3) is 0.0213. The first kappa shape index (κ1) is 29.9. The van der Waals surface area contributed by atoms with Gasteiger partial charge in [0.15, 0.2) is 17.5 Å². The van der Waals surface area contributed by atoms with Crippen molar-refractivity contribution in [3.63, 3.8) is 0 Å². The van der Waals surface area contributed by atoms with Crippen molar-refractivity contribution in [1.82, 2.24) is 19.9 Å². The van der Waals surface area contributed by atoms with Crippen LogP contribution in [0.15, 0.2) is 170 Å². The van der Waals surface area contributed by atoms with Crippen molar-refractivity contribution in [2.45, 2.75) is 5.41 Å². The van der Waals surface area contributed by atoms with Crippen LogP contribution in [0, 0.1) is 0 Å². The lowest BCUT2D eigenvalue weighted by molar-refractivity contribution is 0.436. The summed E-state index contributed by atoms with van der Waals surface area (Å²) in [5, 5.41) is 0.992. The van der Waals surface area contributed by atoms with Crippen LogP contribution in [0.3, 0.4) is 0 Å². The first-order chi connectivity index (χ1) is 26.3. The standard InChI is InChI=1S/C47H28N4OS/c1-3-14-29(15-4-1)43-49-44(30-16-5-2-6-17-30)51-45(50-43)33-18-13-21-36-42(33)32-27-26-31(46-48-38-22-9-12-25-41(38)53-46)28-37(32)47(36)34-19-7-10-23-39(34)52-40-24-11-8-20-35(40)47/h1-28H. The number of thiazole rings is 1. The Morgan fingerprint density at radius 1 is 0.415 bits per heavy atom. The van der Waals surface area contributed by atoms with E-state index in [0.717, 1.165) is 72.1 Å². The van der Waals surface area contributed by atoms with E-state index in [1.807, 2.05) is 78.9 Å². The predicted octanol–water partition coefficient (Wildman–Crippen LogP) is 11.6. The molecule has 0 N–H and O–H groups in total. The number of benzene rings is 7. The van der Waals surface area contributed by atoms with E-state index in [9.17, 15) is 0 Å². The van der Waals surface area contributed by atoms with Crippen LogP contribution in [-0.2, 0) is 5.41 Å². The zero-order valence-corrected chi connectivity index (χ0v) is 29.1. The van der Waals surface area contributed by atoms with Gasteiger partial charge in [0.2, 0.25) is 0 Å². The van der Waals surface area contributed by atoms with Gasteiger partial charge in [-0.15, -0.1) is 11.3 Å². The van der Waals surface area contributed by atoms with Gasteiger partial charge in [-0.25, -0.2) is 19.9 Å². The van der Waals surface area contributed by atoms with Crippen LogP contribution in [-0.4, -0.2) is 19.9 Å². The van der Waals surface area contributed by atoms with Crippen molar-refractivity contribution in [2.24, 2.45) is 0 Å². The molecule has 0 unspecified atom stereocenters. The zero-order valence-electron chi connectivity index (χ0n) is 28.3. The van der Waals surface area contributed by atoms with E-state index in [1.54, 1.807) is 11.3 Å². The van der Waals surface area contributed by atoms with Crippen LogP contribution in [0.1, 0.15) is 22.3 Å². The van der Waals surface area contributed by atoms with Gasteiger partial charge in [0.05, 0.1) is 15.6 Å². The van der Waals surface area contributed by atoms with E-state index < -0.39 is 5.41 Å². The minimum Gasteiger partial charge on any atom is -0.457 e. The molecule has 2 aromatic heterocycles. The molecular formula is C47H28N4OS. The molecule has 11 rings (SSSR count). The van der Waals surface area contributed by atoms with Crippen molar-refractivity contribution in [1.29, 1.82) is 0 Å². The Morgan fingerprint density at radius 3 is 1.68 bits per heavy atom. The first-order valence-electron chi connectivity index (χ1n) is 17.6. The largest absolute Gasteiger partial charge is 0.457 e. The molecule has 3 heterocycles. The highest BCUT2D eigenvalue weighted by Gasteiger charge is 2.52. The fourth-order valence-electron chi connectivity index (χ4n) is 8.19. The number of fused-ring (bicyclic) bond motifs is 10. The van der Waals surface area contributed by atoms with Gasteiger partial charge in [0.1, 0.15) is 16.5 Å². The maximum absolute atomic E-state index is 6.65. The Morgan fingerprint density at radius 2 is 1.00 bits per heavy atom. The normalized spacial score (nSPS) is 13.2. The quantitative estimate of drug-likeness (QED) is 0.183. The van der Waals surface area contributed by atoms with Crippen LogP contribution in [0.25, 0.3) is 66.1 Å². The minimum atomic E-state index is -0.670. The van der Waals surface area contributed by atoms with Crippen LogP contribution in [0.2, 0.25) is 0 Å². The van der Waals surface area contributed by atoms with Gasteiger partial charge in [-0.2, -0.15) is 0 Å². The Hall–Kier alpha value is -6.76. The monoisotopic (exact) mass is 696 g/mol. The maximum Gasteiger partial charge on any atom is 0.164 e. The second kappa shape index (κ2) is 11.6. The number of nitrogens with zero attached hydrogens (tertiary/aromatic N) is 4. The summed E-state index contributed by atoms with van der Waals surface area (Å²) in [5.41, 5.74) is 11.0. The van der Waals surface area contributed by atoms with E-state index in [0.29, 0.717) is 17.5 Å². The molecule has 0 fully saturated rings. The minimum absolute atomic E-state index is 0.626. The van der Waals surface area contributed by atoms with Gasteiger partial charge < -0.3 is 4.74 Å². The lowest BCUT2D eigenvalue weighted by Gasteiger charge is -2.39. The molecule has 0 radical (unpaired) electrons. The second-order valence-electron chi connectivity index (χ2n) is 13.4. The van der Waals surface area contributed by atoms with Gasteiger partial charge >= 0.3 is 0 Å². The van der Waals surface area contributed by atoms with E-state index in [1.165, 1.54) is 10.3 Å². The highest BCUT2D eigenvalue weighted by molar-refractivity contribution is 7.21. The Balaban J connectivity index is 1.23. The van der Waals surface area contributed by atoms with Gasteiger partial charge in [0, 0.05) is 33.4 Å². The van der Waals surface area contributed by atoms with Crippen LogP contribution in [0.4, 0.5) is 0 Å². The van der Waals surface area contributed by atoms with Gasteiger partial charge in [-0.3, -0.25) is 0 Å². The molecule has 6 heteroatoms. The molecule has 1 aliphatic heterocycles. The Kier molecular flexibility index (Phi) is 6.57. The summed E-state index contributed by atoms with van der Waals surface area (Å²) in [4.78, 5) is 20.5. The lowest BCUT2D eigenvalue weighted by Crippen LogP contribution is -2.32. The summed E-state index contributed by atoms with van der Waals surface area (Å²) in [6, 6.07) is 58.9. The molecular weight excluding hydrogens is 669 g/mol. The zero-order chi connectivity index (χ0) is 34.9. The van der Waals surface area contributed by atoms with Crippen molar-refractivity contribution < 1.29 is 4.74 Å². The molecule has 0 saturated heterocycles. The molecule has 9 aromatic rings. The summed E-state index contributed by atoms with van der Waals surface area (Å²) in [7, 11) is 0. The molecule has 7 aromatic carbocycles. The fourth-order valence-corrected chi connectivity index (χ4v) is 9.15. The van der Waals surface area contributed by atoms with Crippen LogP contribution >= 0.6 is 11.3 Å². The van der Waals surface area contributed by atoms with E-state index in [2.05, 4.69) is 91.0 Å². The predicted molar refractivity (Wildman–Crippen MR) is 212 cm³/mol. The molecule has 2 aliphatic rings. The molecule has 0 saturated carbocycles. The Labute approximate surface area is 309 Å². The smallest absolute Gasteiger partial charge is 0.164 e. The van der Waals surface area contributed by atoms with E-state index in [4.69, 9.17) is 24.7 Å². The van der Waals surface area contributed by atoms with Gasteiger partial charge in [-0.1, -0.05) is 140 Å². The van der Waals surface area contributed by atoms with E-state index in [-0.39, 0.29) is 0 Å². The van der Waals surface area contributed by atoms with Crippen molar-refractivity contribution in [2.75, 3.05) is 0 Å². The molecule has 5 nitrogen and oxygen atoms in total. The number of aromatic nitrogens is 4. The van der Waals surface area contributed by atoms with Crippen molar-refractivity contribution in [3.8, 4) is 67.4 Å². The molecule has 0 bridgehead atoms. The summed E-state index contributed by atoms with van der Waals surface area (Å²) < 4.78 is 7.82. The third kappa shape index (κ3) is 4.49. The molecule has 1 aliphatic carbocycles. The first-order valence-corrected chi connectivity index (χ1v) is 18.5. The summed E-state index contributed by atoms with van der Waals surface area (Å²) in [6.07, 6.45) is 0. The number of ether oxygens (including phenoxy) is 1. The summed E-state index contributed by atoms with van der Waals surface area (Å²) in [5.74, 6) is 3.58. The topological polar surface area (TPSA) is 60.8 Å². The molecule has 0 atom stereocenters. The number of para-hydroxylation sites is 3. The maximum atomic E-state index is 6.65. The third-order valence-corrected chi connectivity index (χ3v) is 11.5. The van der Waals surface area contributed by atoms with Crippen LogP contribution in [0.5, 0.6) is 11.5 Å². The SMILES string of the molecule is c1ccc(-c2nc(-c3ccccc3)nc(-c3cccc4c3-c3ccc(-c5nc6ccccc6s5)cc3C43c4ccccc4Oc4ccccc43)n2)cc1. The number of rotatable bonds is 4. The van der Waals surface area contributed by atoms with Crippen molar-refractivity contribution >= 4 is 21.6 Å². The van der Waals surface area contributed by atoms with Gasteiger partial charge in [0.25, 0.3) is 0 Å². The average molecular weight is 697 g/mol. The molecule has 248 valence electrons. The average Bonchev–Trinajstić information content (AvgIpc) is 3.79. The number of hydrogen-bond acceptors (Lipinski definition) is 6. The third-order valence-electron chi connectivity index (χ3n) is 10.4. The molecule has 1 spiro atoms. The molecule has 53 heavy (non-hydrogen) atoms. The Bertz CT molecular complexity index is 2750. The molecule has 0 amide bonds. The highest BCUT2D eigenvalue weighted by atomic mass is 32.1. The highest BCUT2D eigenvalue weighted by Crippen LogP contribution is 2.63. The number of hydrogen-bond donors (Lipinski definition) is 0. The lowest BCUT2D eigenvalue weighted by atomic mass is 9.66. The van der Waals surface area contributed by atoms with Crippen LogP contribution < -0.4 is 4.74 Å². The summed E-state index contributed by atoms with van der Waals surface area (Å²) >= 11 is 1.72. The van der Waals surface area contributed by atoms with Crippen molar-refractivity contribution in [3.05, 3.63) is 192 Å². The summed E-state index contributed by atoms with van der Waals surface area (Å²) in [6.45, 7) is 0. The van der Waals surface area contributed by atoms with E-state index >= 15 is 0 Å². The van der Waals surface area contributed by atoms with Gasteiger partial charge in [-0.05, 0) is 52.6 Å². The second-order valence-corrected chi connectivity index (χ2v) is 14.4.